The van der Waals surface area contributed by atoms with Gasteiger partial charge in [0, 0.05) is 12.6 Å². The Morgan fingerprint density at radius 2 is 2.14 bits per heavy atom. The Labute approximate surface area is 122 Å². The Kier molecular flexibility index (Phi) is 6.18. The minimum Gasteiger partial charge on any atom is -0.481 e. The first-order valence-electron chi connectivity index (χ1n) is 6.11. The topological polar surface area (TPSA) is 129 Å². The molecule has 0 aliphatic carbocycles. The lowest BCUT2D eigenvalue weighted by Crippen LogP contribution is -2.39. The van der Waals surface area contributed by atoms with E-state index in [9.17, 15) is 18.0 Å². The number of aromatic nitrogens is 2. The summed E-state index contributed by atoms with van der Waals surface area (Å²) in [7, 11) is -2.06. The first-order valence-corrected chi connectivity index (χ1v) is 7.76. The van der Waals surface area contributed by atoms with Crippen LogP contribution in [0.3, 0.4) is 0 Å². The van der Waals surface area contributed by atoms with Crippen LogP contribution in [0.15, 0.2) is 18.5 Å². The fourth-order valence-corrected chi connectivity index (χ4v) is 1.94. The maximum atomic E-state index is 11.7. The number of carbonyl (C=O) groups is 2. The Balaban J connectivity index is 2.50. The van der Waals surface area contributed by atoms with Crippen LogP contribution in [0.1, 0.15) is 16.8 Å². The fourth-order valence-electron chi connectivity index (χ4n) is 1.36. The number of carboxylic acids is 1. The van der Waals surface area contributed by atoms with Crippen LogP contribution in [-0.4, -0.2) is 49.8 Å². The van der Waals surface area contributed by atoms with Gasteiger partial charge in [-0.1, -0.05) is 4.68 Å². The molecule has 1 aromatic heterocycles. The van der Waals surface area contributed by atoms with Crippen LogP contribution < -0.4 is 14.7 Å². The second kappa shape index (κ2) is 7.64. The quantitative estimate of drug-likeness (QED) is 0.481. The average molecular weight is 317 g/mol. The third kappa shape index (κ3) is 6.27. The molecule has 0 aliphatic heterocycles. The molecule has 1 amide bonds. The zero-order chi connectivity index (χ0) is 15.9. The summed E-state index contributed by atoms with van der Waals surface area (Å²) >= 11 is 0. The number of carbonyl (C=O) groups excluding carboxylic acids is 1. The van der Waals surface area contributed by atoms with Crippen molar-refractivity contribution in [3.8, 4) is 0 Å². The molecule has 0 unspecified atom stereocenters. The van der Waals surface area contributed by atoms with Crippen molar-refractivity contribution in [1.82, 2.24) is 15.1 Å². The summed E-state index contributed by atoms with van der Waals surface area (Å²) in [6.45, 7) is 0.188. The van der Waals surface area contributed by atoms with Crippen molar-refractivity contribution in [2.75, 3.05) is 19.3 Å². The monoisotopic (exact) mass is 317 g/mol. The van der Waals surface area contributed by atoms with Crippen molar-refractivity contribution in [2.24, 2.45) is 0 Å². The van der Waals surface area contributed by atoms with Crippen LogP contribution in [0, 0.1) is 0 Å². The van der Waals surface area contributed by atoms with Crippen LogP contribution in [0.2, 0.25) is 0 Å². The SMILES string of the molecule is CNS(=O)(=O)CCNC(=O)c1cc[n+](CCC(=O)O)nc1. The molecule has 0 atom stereocenters. The van der Waals surface area contributed by atoms with E-state index in [1.165, 1.54) is 30.2 Å². The Bertz CT molecular complexity index is 600. The molecule has 0 radical (unpaired) electrons. The van der Waals surface area contributed by atoms with Crippen LogP contribution in [-0.2, 0) is 21.4 Å². The molecule has 1 rings (SSSR count). The van der Waals surface area contributed by atoms with Crippen LogP contribution >= 0.6 is 0 Å². The third-order valence-corrected chi connectivity index (χ3v) is 3.92. The zero-order valence-electron chi connectivity index (χ0n) is 11.4. The van der Waals surface area contributed by atoms with Gasteiger partial charge in [0.2, 0.25) is 10.0 Å². The van der Waals surface area contributed by atoms with E-state index in [-0.39, 0.29) is 30.8 Å². The van der Waals surface area contributed by atoms with Crippen molar-refractivity contribution >= 4 is 21.9 Å². The van der Waals surface area contributed by atoms with E-state index in [0.29, 0.717) is 0 Å². The highest BCUT2D eigenvalue weighted by Gasteiger charge is 2.12. The Morgan fingerprint density at radius 3 is 2.67 bits per heavy atom. The lowest BCUT2D eigenvalue weighted by atomic mass is 10.3. The molecular formula is C11H17N4O5S+. The number of hydrogen-bond acceptors (Lipinski definition) is 5. The number of sulfonamides is 1. The number of carboxylic acid groups (broad SMARTS) is 1. The summed E-state index contributed by atoms with van der Waals surface area (Å²) in [5, 5.41) is 14.9. The highest BCUT2D eigenvalue weighted by atomic mass is 32.2. The molecule has 0 aromatic carbocycles. The molecule has 0 spiro atoms. The third-order valence-electron chi connectivity index (χ3n) is 2.56. The first-order chi connectivity index (χ1) is 9.84. The van der Waals surface area contributed by atoms with Gasteiger partial charge in [-0.25, -0.2) is 13.1 Å². The number of nitrogens with one attached hydrogen (secondary N) is 2. The van der Waals surface area contributed by atoms with Gasteiger partial charge in [-0.05, 0) is 12.1 Å². The van der Waals surface area contributed by atoms with E-state index in [0.717, 1.165) is 0 Å². The van der Waals surface area contributed by atoms with Gasteiger partial charge in [-0.2, -0.15) is 0 Å². The summed E-state index contributed by atoms with van der Waals surface area (Å²) in [6, 6.07) is 1.48. The highest BCUT2D eigenvalue weighted by Crippen LogP contribution is 1.93. The molecule has 21 heavy (non-hydrogen) atoms. The predicted molar refractivity (Wildman–Crippen MR) is 71.9 cm³/mol. The average Bonchev–Trinajstić information content (AvgIpc) is 2.45. The molecule has 0 saturated carbocycles. The number of aliphatic carboxylic acids is 1. The van der Waals surface area contributed by atoms with Crippen LogP contribution in [0.25, 0.3) is 0 Å². The molecule has 0 bridgehead atoms. The van der Waals surface area contributed by atoms with Gasteiger partial charge >= 0.3 is 5.97 Å². The van der Waals surface area contributed by atoms with Gasteiger partial charge in [-0.15, -0.1) is 0 Å². The molecule has 3 N–H and O–H groups in total. The molecule has 10 heteroatoms. The van der Waals surface area contributed by atoms with Crippen molar-refractivity contribution in [1.29, 1.82) is 0 Å². The maximum Gasteiger partial charge on any atom is 0.309 e. The molecule has 0 saturated heterocycles. The first kappa shape index (κ1) is 17.0. The molecular weight excluding hydrogens is 300 g/mol. The van der Waals surface area contributed by atoms with Gasteiger partial charge in [0.1, 0.15) is 12.6 Å². The lowest BCUT2D eigenvalue weighted by molar-refractivity contribution is -0.753. The van der Waals surface area contributed by atoms with Gasteiger partial charge in [0.25, 0.3) is 5.91 Å². The van der Waals surface area contributed by atoms with Crippen LogP contribution in [0.5, 0.6) is 0 Å². The largest absolute Gasteiger partial charge is 0.481 e. The number of nitrogens with zero attached hydrogens (tertiary/aromatic N) is 2. The Hall–Kier alpha value is -2.07. The molecule has 1 heterocycles. The molecule has 116 valence electrons. The maximum absolute atomic E-state index is 11.7. The summed E-state index contributed by atoms with van der Waals surface area (Å²) in [5.74, 6) is -1.59. The smallest absolute Gasteiger partial charge is 0.309 e. The van der Waals surface area contributed by atoms with Gasteiger partial charge in [0.05, 0.1) is 11.3 Å². The zero-order valence-corrected chi connectivity index (χ0v) is 12.3. The van der Waals surface area contributed by atoms with Gasteiger partial charge in [-0.3, -0.25) is 9.59 Å². The standard InChI is InChI=1S/C11H16N4O5S/c1-12-21(19,20)7-4-13-11(18)9-2-5-15(14-8-9)6-3-10(16)17/h2,5,8,12H,3-4,6-7H2,1H3,(H-,13,16,17,18)/p+1. The second-order valence-corrected chi connectivity index (χ2v) is 6.15. The molecule has 0 fully saturated rings. The van der Waals surface area contributed by atoms with E-state index in [4.69, 9.17) is 5.11 Å². The fraction of sp³-hybridized carbons (Fsp3) is 0.455. The van der Waals surface area contributed by atoms with Crippen LogP contribution in [0.4, 0.5) is 0 Å². The molecule has 0 aliphatic rings. The van der Waals surface area contributed by atoms with Crippen molar-refractivity contribution in [3.05, 3.63) is 24.0 Å². The van der Waals surface area contributed by atoms with E-state index in [1.807, 2.05) is 0 Å². The van der Waals surface area contributed by atoms with E-state index in [1.54, 1.807) is 0 Å². The second-order valence-electron chi connectivity index (χ2n) is 4.10. The number of aryl methyl sites for hydroxylation is 1. The normalized spacial score (nSPS) is 11.1. The minimum absolute atomic E-state index is 0.0179. The van der Waals surface area contributed by atoms with Crippen molar-refractivity contribution in [2.45, 2.75) is 13.0 Å². The highest BCUT2D eigenvalue weighted by molar-refractivity contribution is 7.89. The lowest BCUT2D eigenvalue weighted by Gasteiger charge is -2.04. The van der Waals surface area contributed by atoms with Crippen molar-refractivity contribution < 1.29 is 27.8 Å². The molecule has 1 aromatic rings. The summed E-state index contributed by atoms with van der Waals surface area (Å²) < 4.78 is 25.9. The Morgan fingerprint density at radius 1 is 1.43 bits per heavy atom. The number of rotatable bonds is 8. The predicted octanol–water partition coefficient (Wildman–Crippen LogP) is -1.88. The van der Waals surface area contributed by atoms with E-state index in [2.05, 4.69) is 15.1 Å². The summed E-state index contributed by atoms with van der Waals surface area (Å²) in [6.07, 6.45) is 2.72. The minimum atomic E-state index is -3.36. The van der Waals surface area contributed by atoms with E-state index >= 15 is 0 Å². The number of amides is 1. The molecule has 9 nitrogen and oxygen atoms in total. The summed E-state index contributed by atoms with van der Waals surface area (Å²) in [5.41, 5.74) is 0.267. The summed E-state index contributed by atoms with van der Waals surface area (Å²) in [4.78, 5) is 22.1. The van der Waals surface area contributed by atoms with Gasteiger partial charge in [0.15, 0.2) is 12.7 Å². The van der Waals surface area contributed by atoms with Crippen molar-refractivity contribution in [3.63, 3.8) is 0 Å². The van der Waals surface area contributed by atoms with E-state index < -0.39 is 21.9 Å². The number of hydrogen-bond donors (Lipinski definition) is 3. The van der Waals surface area contributed by atoms with Gasteiger partial charge < -0.3 is 10.4 Å².